The van der Waals surface area contributed by atoms with Crippen molar-refractivity contribution in [3.63, 3.8) is 0 Å². The number of benzene rings is 2. The van der Waals surface area contributed by atoms with E-state index in [0.29, 0.717) is 48.9 Å². The van der Waals surface area contributed by atoms with E-state index >= 15 is 0 Å². The molecular formula is C25H30N4O5S. The molecule has 10 heteroatoms. The Labute approximate surface area is 205 Å². The number of hydrogen-bond acceptors (Lipinski definition) is 7. The Balaban J connectivity index is 1.37. The highest BCUT2D eigenvalue weighted by Crippen LogP contribution is 2.32. The number of sulfonamides is 1. The Bertz CT molecular complexity index is 1200. The van der Waals surface area contributed by atoms with Gasteiger partial charge in [0.05, 0.1) is 24.2 Å². The Kier molecular flexibility index (Phi) is 7.36. The van der Waals surface area contributed by atoms with Gasteiger partial charge in [0.2, 0.25) is 5.91 Å². The molecule has 1 fully saturated rings. The Hall–Kier alpha value is -3.45. The molecule has 1 heterocycles. The third-order valence-electron chi connectivity index (χ3n) is 6.23. The van der Waals surface area contributed by atoms with Gasteiger partial charge < -0.3 is 20.1 Å². The summed E-state index contributed by atoms with van der Waals surface area (Å²) < 4.78 is 39.5. The minimum absolute atomic E-state index is 0.0726. The van der Waals surface area contributed by atoms with Gasteiger partial charge in [0.25, 0.3) is 10.0 Å². The van der Waals surface area contributed by atoms with Crippen molar-refractivity contribution in [3.05, 3.63) is 42.5 Å². The molecule has 2 aromatic rings. The quantitative estimate of drug-likeness (QED) is 0.529. The Morgan fingerprint density at radius 3 is 2.31 bits per heavy atom. The predicted octanol–water partition coefficient (Wildman–Crippen LogP) is 3.79. The van der Waals surface area contributed by atoms with Crippen LogP contribution in [0.15, 0.2) is 47.4 Å². The maximum absolute atomic E-state index is 12.9. The van der Waals surface area contributed by atoms with Crippen LogP contribution in [0.2, 0.25) is 0 Å². The summed E-state index contributed by atoms with van der Waals surface area (Å²) in [6.45, 7) is 2.72. The number of nitrogens with one attached hydrogen (secondary N) is 3. The monoisotopic (exact) mass is 498 g/mol. The fourth-order valence-electron chi connectivity index (χ4n) is 4.24. The maximum atomic E-state index is 12.9. The van der Waals surface area contributed by atoms with Crippen molar-refractivity contribution in [1.29, 1.82) is 5.26 Å². The number of carbonyl (C=O) groups is 1. The first-order chi connectivity index (χ1) is 16.8. The molecule has 35 heavy (non-hydrogen) atoms. The van der Waals surface area contributed by atoms with Crippen molar-refractivity contribution in [3.8, 4) is 17.6 Å². The molecule has 0 unspecified atom stereocenters. The lowest BCUT2D eigenvalue weighted by Crippen LogP contribution is -2.52. The molecule has 0 saturated heterocycles. The van der Waals surface area contributed by atoms with Crippen LogP contribution in [0, 0.1) is 11.3 Å². The van der Waals surface area contributed by atoms with Crippen LogP contribution in [0.1, 0.15) is 45.4 Å². The van der Waals surface area contributed by atoms with Crippen LogP contribution >= 0.6 is 0 Å². The number of carbonyl (C=O) groups excluding carboxylic acids is 1. The largest absolute Gasteiger partial charge is 0.490 e. The van der Waals surface area contributed by atoms with Gasteiger partial charge in [-0.3, -0.25) is 9.52 Å². The molecule has 1 saturated carbocycles. The van der Waals surface area contributed by atoms with Gasteiger partial charge in [0.1, 0.15) is 11.6 Å². The van der Waals surface area contributed by atoms with Gasteiger partial charge in [-0.25, -0.2) is 8.42 Å². The molecule has 186 valence electrons. The number of anilines is 2. The number of nitrogens with zero attached hydrogens (tertiary/aromatic N) is 1. The smallest absolute Gasteiger partial charge is 0.262 e. The predicted molar refractivity (Wildman–Crippen MR) is 132 cm³/mol. The summed E-state index contributed by atoms with van der Waals surface area (Å²) in [4.78, 5) is 12.8. The Morgan fingerprint density at radius 1 is 0.971 bits per heavy atom. The highest BCUT2D eigenvalue weighted by atomic mass is 32.2. The number of amides is 1. The second kappa shape index (κ2) is 10.4. The number of hydrogen-bond donors (Lipinski definition) is 3. The van der Waals surface area contributed by atoms with Crippen LogP contribution in [0.4, 0.5) is 11.4 Å². The van der Waals surface area contributed by atoms with E-state index < -0.39 is 21.6 Å². The second-order valence-electron chi connectivity index (χ2n) is 8.95. The van der Waals surface area contributed by atoms with Gasteiger partial charge in [0.15, 0.2) is 11.5 Å². The van der Waals surface area contributed by atoms with Crippen molar-refractivity contribution >= 4 is 27.3 Å². The average Bonchev–Trinajstić information content (AvgIpc) is 3.10. The fourth-order valence-corrected chi connectivity index (χ4v) is 5.31. The molecule has 0 radical (unpaired) electrons. The zero-order valence-corrected chi connectivity index (χ0v) is 20.5. The SMILES string of the molecule is C[C@@H](Nc1ccc(NS(=O)(=O)c2ccc3c(c2)OCCCO3)cc1)C(=O)NC1(C#N)CCCCC1. The zero-order valence-electron chi connectivity index (χ0n) is 19.7. The van der Waals surface area contributed by atoms with Crippen LogP contribution in [-0.4, -0.2) is 39.1 Å². The fraction of sp³-hybridized carbons (Fsp3) is 0.440. The number of ether oxygens (including phenoxy) is 2. The first kappa shape index (κ1) is 24.7. The third-order valence-corrected chi connectivity index (χ3v) is 7.61. The van der Waals surface area contributed by atoms with Gasteiger partial charge in [0, 0.05) is 23.9 Å². The molecule has 1 aliphatic carbocycles. The van der Waals surface area contributed by atoms with E-state index in [2.05, 4.69) is 21.4 Å². The molecule has 0 bridgehead atoms. The highest BCUT2D eigenvalue weighted by Gasteiger charge is 2.34. The summed E-state index contributed by atoms with van der Waals surface area (Å²) in [5, 5.41) is 15.6. The molecule has 4 rings (SSSR count). The van der Waals surface area contributed by atoms with Crippen LogP contribution in [-0.2, 0) is 14.8 Å². The average molecular weight is 499 g/mol. The van der Waals surface area contributed by atoms with E-state index in [1.807, 2.05) is 0 Å². The zero-order chi connectivity index (χ0) is 24.9. The van der Waals surface area contributed by atoms with Crippen LogP contribution < -0.4 is 24.8 Å². The summed E-state index contributed by atoms with van der Waals surface area (Å²) in [7, 11) is -3.83. The molecule has 9 nitrogen and oxygen atoms in total. The molecule has 0 aromatic heterocycles. The van der Waals surface area contributed by atoms with Crippen molar-refractivity contribution < 1.29 is 22.7 Å². The molecule has 0 spiro atoms. The summed E-state index contributed by atoms with van der Waals surface area (Å²) in [6.07, 6.45) is 5.01. The van der Waals surface area contributed by atoms with E-state index in [0.717, 1.165) is 25.7 Å². The number of nitriles is 1. The van der Waals surface area contributed by atoms with E-state index in [-0.39, 0.29) is 10.8 Å². The molecule has 1 amide bonds. The van der Waals surface area contributed by atoms with Gasteiger partial charge in [-0.1, -0.05) is 19.3 Å². The summed E-state index contributed by atoms with van der Waals surface area (Å²) in [5.74, 6) is 0.690. The normalized spacial score (nSPS) is 17.8. The molecule has 2 aliphatic rings. The molecule has 1 atom stereocenters. The van der Waals surface area contributed by atoms with Gasteiger partial charge in [-0.05, 0) is 56.2 Å². The van der Waals surface area contributed by atoms with Crippen molar-refractivity contribution in [2.75, 3.05) is 23.3 Å². The topological polar surface area (TPSA) is 130 Å². The van der Waals surface area contributed by atoms with E-state index in [1.165, 1.54) is 12.1 Å². The second-order valence-corrected chi connectivity index (χ2v) is 10.6. The standard InChI is InChI=1S/C25H30N4O5S/c1-18(24(30)28-25(17-26)12-3-2-4-13-25)27-19-6-8-20(9-7-19)29-35(31,32)21-10-11-22-23(16-21)34-15-5-14-33-22/h6-11,16,18,27,29H,2-5,12-15H2,1H3,(H,28,30)/t18-/m1/s1. The lowest BCUT2D eigenvalue weighted by Gasteiger charge is -2.32. The molecule has 1 aliphatic heterocycles. The third kappa shape index (κ3) is 5.98. The number of rotatable bonds is 7. The van der Waals surface area contributed by atoms with Gasteiger partial charge in [-0.15, -0.1) is 0 Å². The highest BCUT2D eigenvalue weighted by molar-refractivity contribution is 7.92. The van der Waals surface area contributed by atoms with Crippen LogP contribution in [0.25, 0.3) is 0 Å². The summed E-state index contributed by atoms with van der Waals surface area (Å²) in [6, 6.07) is 12.9. The minimum Gasteiger partial charge on any atom is -0.490 e. The summed E-state index contributed by atoms with van der Waals surface area (Å²) >= 11 is 0. The molecule has 2 aromatic carbocycles. The van der Waals surface area contributed by atoms with Crippen molar-refractivity contribution in [1.82, 2.24) is 5.32 Å². The van der Waals surface area contributed by atoms with Gasteiger partial charge >= 0.3 is 0 Å². The first-order valence-electron chi connectivity index (χ1n) is 11.8. The van der Waals surface area contributed by atoms with Gasteiger partial charge in [-0.2, -0.15) is 5.26 Å². The van der Waals surface area contributed by atoms with E-state index in [9.17, 15) is 18.5 Å². The van der Waals surface area contributed by atoms with E-state index in [1.54, 1.807) is 37.3 Å². The summed E-state index contributed by atoms with van der Waals surface area (Å²) in [5.41, 5.74) is 0.242. The molecular weight excluding hydrogens is 468 g/mol. The first-order valence-corrected chi connectivity index (χ1v) is 13.3. The maximum Gasteiger partial charge on any atom is 0.262 e. The molecule has 3 N–H and O–H groups in total. The van der Waals surface area contributed by atoms with Crippen LogP contribution in [0.5, 0.6) is 11.5 Å². The minimum atomic E-state index is -3.83. The van der Waals surface area contributed by atoms with E-state index in [4.69, 9.17) is 9.47 Å². The Morgan fingerprint density at radius 2 is 1.63 bits per heavy atom. The lowest BCUT2D eigenvalue weighted by atomic mass is 9.82. The lowest BCUT2D eigenvalue weighted by molar-refractivity contribution is -0.123. The van der Waals surface area contributed by atoms with Crippen molar-refractivity contribution in [2.45, 2.75) is 61.9 Å². The van der Waals surface area contributed by atoms with Crippen LogP contribution in [0.3, 0.4) is 0 Å². The number of fused-ring (bicyclic) bond motifs is 1. The van der Waals surface area contributed by atoms with Crippen molar-refractivity contribution in [2.24, 2.45) is 0 Å².